The number of nitrogens with zero attached hydrogens (tertiary/aromatic N) is 4. The molecule has 2 atom stereocenters. The number of piperazine rings is 1. The SMILES string of the molecule is CC(c1ccccc1Cl)N1CCN(C(=O)C2=NN(C3CCS(=O)(=O)C3)C(=O)CC2)CC1. The van der Waals surface area contributed by atoms with Crippen LogP contribution in [-0.2, 0) is 19.4 Å². The Morgan fingerprint density at radius 1 is 1.16 bits per heavy atom. The van der Waals surface area contributed by atoms with E-state index in [0.29, 0.717) is 31.6 Å². The molecule has 2 unspecified atom stereocenters. The lowest BCUT2D eigenvalue weighted by atomic mass is 10.1. The number of sulfone groups is 1. The fourth-order valence-electron chi connectivity index (χ4n) is 4.48. The second kappa shape index (κ2) is 8.88. The van der Waals surface area contributed by atoms with Gasteiger partial charge in [0.05, 0.1) is 17.5 Å². The van der Waals surface area contributed by atoms with Gasteiger partial charge in [0.25, 0.3) is 5.91 Å². The predicted octanol–water partition coefficient (Wildman–Crippen LogP) is 1.71. The molecule has 2 saturated heterocycles. The van der Waals surface area contributed by atoms with Gasteiger partial charge < -0.3 is 4.90 Å². The summed E-state index contributed by atoms with van der Waals surface area (Å²) < 4.78 is 23.6. The number of carbonyl (C=O) groups excluding carboxylic acids is 2. The van der Waals surface area contributed by atoms with Crippen molar-refractivity contribution in [2.45, 2.75) is 38.3 Å². The molecular formula is C21H27ClN4O4S. The normalized spacial score (nSPS) is 25.4. The molecule has 0 saturated carbocycles. The second-order valence-electron chi connectivity index (χ2n) is 8.37. The lowest BCUT2D eigenvalue weighted by Gasteiger charge is -2.39. The van der Waals surface area contributed by atoms with Crippen molar-refractivity contribution in [3.05, 3.63) is 34.9 Å². The summed E-state index contributed by atoms with van der Waals surface area (Å²) in [5.41, 5.74) is 1.41. The molecule has 4 rings (SSSR count). The van der Waals surface area contributed by atoms with Crippen LogP contribution < -0.4 is 0 Å². The first-order valence-electron chi connectivity index (χ1n) is 10.6. The van der Waals surface area contributed by atoms with Crippen LogP contribution in [0.3, 0.4) is 0 Å². The fraction of sp³-hybridized carbons (Fsp3) is 0.571. The highest BCUT2D eigenvalue weighted by Gasteiger charge is 2.38. The van der Waals surface area contributed by atoms with Gasteiger partial charge in [0.1, 0.15) is 5.71 Å². The van der Waals surface area contributed by atoms with E-state index in [1.807, 2.05) is 24.3 Å². The molecule has 3 heterocycles. The summed E-state index contributed by atoms with van der Waals surface area (Å²) >= 11 is 6.34. The van der Waals surface area contributed by atoms with Crippen molar-refractivity contribution in [2.24, 2.45) is 5.10 Å². The van der Waals surface area contributed by atoms with Crippen molar-refractivity contribution in [1.82, 2.24) is 14.8 Å². The average Bonchev–Trinajstić information content (AvgIpc) is 3.13. The van der Waals surface area contributed by atoms with E-state index in [9.17, 15) is 18.0 Å². The van der Waals surface area contributed by atoms with Crippen molar-refractivity contribution >= 4 is 39.0 Å². The molecule has 0 N–H and O–H groups in total. The fourth-order valence-corrected chi connectivity index (χ4v) is 6.47. The highest BCUT2D eigenvalue weighted by Crippen LogP contribution is 2.28. The van der Waals surface area contributed by atoms with Crippen LogP contribution in [0.25, 0.3) is 0 Å². The molecule has 0 aliphatic carbocycles. The van der Waals surface area contributed by atoms with Crippen LogP contribution in [0.5, 0.6) is 0 Å². The van der Waals surface area contributed by atoms with Gasteiger partial charge in [-0.3, -0.25) is 14.5 Å². The van der Waals surface area contributed by atoms with Gasteiger partial charge in [0.2, 0.25) is 5.91 Å². The van der Waals surface area contributed by atoms with Crippen LogP contribution in [0.2, 0.25) is 5.02 Å². The number of hydrogen-bond acceptors (Lipinski definition) is 6. The van der Waals surface area contributed by atoms with E-state index in [2.05, 4.69) is 16.9 Å². The smallest absolute Gasteiger partial charge is 0.270 e. The summed E-state index contributed by atoms with van der Waals surface area (Å²) in [5, 5.41) is 6.30. The summed E-state index contributed by atoms with van der Waals surface area (Å²) in [7, 11) is -3.14. The number of benzene rings is 1. The number of carbonyl (C=O) groups is 2. The second-order valence-corrected chi connectivity index (χ2v) is 11.0. The first kappa shape index (κ1) is 22.2. The number of hydrogen-bond donors (Lipinski definition) is 0. The molecule has 0 spiro atoms. The van der Waals surface area contributed by atoms with E-state index < -0.39 is 15.9 Å². The van der Waals surface area contributed by atoms with E-state index >= 15 is 0 Å². The lowest BCUT2D eigenvalue weighted by Crippen LogP contribution is -2.52. The van der Waals surface area contributed by atoms with Crippen LogP contribution >= 0.6 is 11.6 Å². The van der Waals surface area contributed by atoms with Crippen molar-refractivity contribution < 1.29 is 18.0 Å². The van der Waals surface area contributed by atoms with Crippen LogP contribution in [0.4, 0.5) is 0 Å². The molecule has 31 heavy (non-hydrogen) atoms. The summed E-state index contributed by atoms with van der Waals surface area (Å²) in [6.07, 6.45) is 0.853. The molecule has 10 heteroatoms. The Bertz CT molecular complexity index is 1000. The number of amides is 2. The van der Waals surface area contributed by atoms with E-state index in [0.717, 1.165) is 23.7 Å². The monoisotopic (exact) mass is 466 g/mol. The predicted molar refractivity (Wildman–Crippen MR) is 119 cm³/mol. The van der Waals surface area contributed by atoms with Gasteiger partial charge in [-0.2, -0.15) is 5.10 Å². The number of hydrazone groups is 1. The number of halogens is 1. The van der Waals surface area contributed by atoms with E-state index in [1.165, 1.54) is 5.01 Å². The first-order valence-corrected chi connectivity index (χ1v) is 12.8. The zero-order valence-electron chi connectivity index (χ0n) is 17.5. The molecule has 2 fully saturated rings. The van der Waals surface area contributed by atoms with Crippen LogP contribution in [0.15, 0.2) is 29.4 Å². The molecule has 1 aromatic rings. The van der Waals surface area contributed by atoms with Gasteiger partial charge in [-0.05, 0) is 25.0 Å². The van der Waals surface area contributed by atoms with Gasteiger partial charge in [-0.25, -0.2) is 13.4 Å². The van der Waals surface area contributed by atoms with Gasteiger partial charge in [0.15, 0.2) is 9.84 Å². The molecule has 8 nitrogen and oxygen atoms in total. The topological polar surface area (TPSA) is 90.4 Å². The van der Waals surface area contributed by atoms with Crippen LogP contribution in [0, 0.1) is 0 Å². The first-order chi connectivity index (χ1) is 14.7. The van der Waals surface area contributed by atoms with Crippen molar-refractivity contribution in [3.63, 3.8) is 0 Å². The summed E-state index contributed by atoms with van der Waals surface area (Å²) in [6.45, 7) is 4.68. The standard InChI is InChI=1S/C21H27ClN4O4S/c1-15(17-4-2-3-5-18(17)22)24-9-11-25(12-10-24)21(28)19-6-7-20(27)26(23-19)16-8-13-31(29,30)14-16/h2-5,15-16H,6-14H2,1H3. The van der Waals surface area contributed by atoms with Crippen molar-refractivity contribution in [3.8, 4) is 0 Å². The minimum atomic E-state index is -3.14. The lowest BCUT2D eigenvalue weighted by molar-refractivity contribution is -0.134. The van der Waals surface area contributed by atoms with Crippen molar-refractivity contribution in [2.75, 3.05) is 37.7 Å². The summed E-state index contributed by atoms with van der Waals surface area (Å²) in [5.74, 6) is -0.394. The van der Waals surface area contributed by atoms with E-state index in [4.69, 9.17) is 11.6 Å². The summed E-state index contributed by atoms with van der Waals surface area (Å²) in [4.78, 5) is 29.4. The molecule has 3 aliphatic rings. The van der Waals surface area contributed by atoms with E-state index in [-0.39, 0.29) is 35.8 Å². The zero-order chi connectivity index (χ0) is 22.2. The highest BCUT2D eigenvalue weighted by atomic mass is 35.5. The zero-order valence-corrected chi connectivity index (χ0v) is 19.1. The average molecular weight is 467 g/mol. The van der Waals surface area contributed by atoms with Gasteiger partial charge in [-0.15, -0.1) is 0 Å². The largest absolute Gasteiger partial charge is 0.335 e. The van der Waals surface area contributed by atoms with Gasteiger partial charge in [0, 0.05) is 50.1 Å². The molecule has 1 aromatic carbocycles. The van der Waals surface area contributed by atoms with Crippen LogP contribution in [-0.4, -0.2) is 84.5 Å². The van der Waals surface area contributed by atoms with Gasteiger partial charge >= 0.3 is 0 Å². The molecule has 0 bridgehead atoms. The quantitative estimate of drug-likeness (QED) is 0.673. The third-order valence-corrected chi connectivity index (χ3v) is 8.46. The maximum atomic E-state index is 13.0. The molecule has 0 radical (unpaired) electrons. The number of rotatable bonds is 4. The molecular weight excluding hydrogens is 440 g/mol. The highest BCUT2D eigenvalue weighted by molar-refractivity contribution is 7.91. The Hall–Kier alpha value is -1.97. The Balaban J connectivity index is 1.39. The third kappa shape index (κ3) is 4.78. The molecule has 3 aliphatic heterocycles. The molecule has 2 amide bonds. The summed E-state index contributed by atoms with van der Waals surface area (Å²) in [6, 6.07) is 7.48. The maximum absolute atomic E-state index is 13.0. The van der Waals surface area contributed by atoms with Crippen molar-refractivity contribution in [1.29, 1.82) is 0 Å². The minimum absolute atomic E-state index is 0.0613. The van der Waals surface area contributed by atoms with E-state index in [1.54, 1.807) is 4.90 Å². The Morgan fingerprint density at radius 2 is 1.87 bits per heavy atom. The van der Waals surface area contributed by atoms with Crippen LogP contribution in [0.1, 0.15) is 37.8 Å². The Kier molecular flexibility index (Phi) is 6.37. The maximum Gasteiger partial charge on any atom is 0.270 e. The minimum Gasteiger partial charge on any atom is -0.335 e. The Labute approximate surface area is 187 Å². The molecule has 168 valence electrons. The third-order valence-electron chi connectivity index (χ3n) is 6.37. The molecule has 0 aromatic heterocycles. The van der Waals surface area contributed by atoms with Gasteiger partial charge in [-0.1, -0.05) is 29.8 Å². The Morgan fingerprint density at radius 3 is 2.52 bits per heavy atom.